The van der Waals surface area contributed by atoms with Gasteiger partial charge in [0.25, 0.3) is 0 Å². The lowest BCUT2D eigenvalue weighted by atomic mass is 9.82. The molecule has 242 valence electrons. The van der Waals surface area contributed by atoms with Crippen molar-refractivity contribution in [3.63, 3.8) is 0 Å². The first-order chi connectivity index (χ1) is 20.8. The monoisotopic (exact) mass is 703 g/mol. The predicted octanol–water partition coefficient (Wildman–Crippen LogP) is 5.99. The Bertz CT molecular complexity index is 1370. The number of carbonyl (C=O) groups is 2. The smallest absolute Gasteiger partial charge is 0.343 e. The Labute approximate surface area is 277 Å². The molecule has 13 heteroatoms. The second-order valence-corrected chi connectivity index (χ2v) is 17.6. The molecule has 0 aromatic heterocycles. The molecule has 2 heterocycles. The van der Waals surface area contributed by atoms with Crippen molar-refractivity contribution in [2.75, 3.05) is 32.7 Å². The quantitative estimate of drug-likeness (QED) is 0.383. The molecule has 44 heavy (non-hydrogen) atoms. The first-order valence-corrected chi connectivity index (χ1v) is 19.9. The minimum Gasteiger partial charge on any atom is -0.343 e. The number of carbonyl (C=O) groups excluding carboxylic acids is 2. The van der Waals surface area contributed by atoms with Gasteiger partial charge in [0.15, 0.2) is 0 Å². The lowest BCUT2D eigenvalue weighted by Crippen LogP contribution is -2.60. The third-order valence-corrected chi connectivity index (χ3v) is 12.8. The van der Waals surface area contributed by atoms with Gasteiger partial charge in [-0.3, -0.25) is 14.5 Å². The highest BCUT2D eigenvalue weighted by Gasteiger charge is 2.41. The highest BCUT2D eigenvalue weighted by molar-refractivity contribution is 8.59. The Morgan fingerprint density at radius 2 is 1.45 bits per heavy atom. The highest BCUT2D eigenvalue weighted by Crippen LogP contribution is 2.37. The topological polar surface area (TPSA) is 43.9 Å². The number of hydrogen-bond acceptors (Lipinski definition) is 5. The number of halogens is 3. The zero-order valence-electron chi connectivity index (χ0n) is 25.4. The van der Waals surface area contributed by atoms with E-state index in [9.17, 15) is 22.8 Å². The first kappa shape index (κ1) is 36.7. The van der Waals surface area contributed by atoms with E-state index in [1.54, 1.807) is 19.1 Å². The van der Waals surface area contributed by atoms with Crippen LogP contribution in [0.15, 0.2) is 54.6 Å². The molecule has 1 unspecified atom stereocenters. The number of alkyl halides is 3. The SMILES string of the molecule is CC(=O)N1CCC(CC(=O)N2CCN(C(c3ccccc3)c3ccc(C(F)(F)F)cc3)C[C@@H]2C(C)(C)C)CC1.S=S=S=S=S. The summed E-state index contributed by atoms with van der Waals surface area (Å²) >= 11 is 8.89. The van der Waals surface area contributed by atoms with E-state index >= 15 is 0 Å². The highest BCUT2D eigenvalue weighted by atomic mass is 33.3. The molecule has 4 rings (SSSR count). The van der Waals surface area contributed by atoms with Crippen LogP contribution in [-0.4, -0.2) is 65.3 Å². The van der Waals surface area contributed by atoms with Gasteiger partial charge >= 0.3 is 6.18 Å². The normalized spacial score (nSPS) is 18.9. The Kier molecular flexibility index (Phi) is 13.9. The molecule has 0 aliphatic carbocycles. The zero-order chi connectivity index (χ0) is 32.5. The molecule has 0 spiro atoms. The third kappa shape index (κ3) is 10.4. The molecule has 0 N–H and O–H groups in total. The van der Waals surface area contributed by atoms with Gasteiger partial charge in [0, 0.05) is 101 Å². The Hall–Kier alpha value is -1.77. The van der Waals surface area contributed by atoms with Crippen LogP contribution in [-0.2, 0) is 64.8 Å². The van der Waals surface area contributed by atoms with Gasteiger partial charge in [-0.1, -0.05) is 63.2 Å². The number of nitrogens with zero attached hydrogens (tertiary/aromatic N) is 3. The van der Waals surface area contributed by atoms with Gasteiger partial charge in [0.1, 0.15) is 0 Å². The van der Waals surface area contributed by atoms with Crippen molar-refractivity contribution in [3.8, 4) is 0 Å². The van der Waals surface area contributed by atoms with E-state index in [0.717, 1.165) is 36.1 Å². The van der Waals surface area contributed by atoms with E-state index in [4.69, 9.17) is 0 Å². The third-order valence-electron chi connectivity index (χ3n) is 8.34. The van der Waals surface area contributed by atoms with E-state index in [-0.39, 0.29) is 35.2 Å². The molecule has 2 aromatic rings. The molecule has 2 amide bonds. The van der Waals surface area contributed by atoms with Gasteiger partial charge in [-0.2, -0.15) is 13.2 Å². The van der Waals surface area contributed by atoms with E-state index in [1.165, 1.54) is 26.6 Å². The fraction of sp³-hybridized carbons (Fsp3) is 0.548. The second-order valence-electron chi connectivity index (χ2n) is 12.3. The number of piperazine rings is 1. The van der Waals surface area contributed by atoms with Crippen LogP contribution in [0.4, 0.5) is 13.2 Å². The average Bonchev–Trinajstić information content (AvgIpc) is 2.98. The van der Waals surface area contributed by atoms with E-state index in [1.807, 2.05) is 40.1 Å². The van der Waals surface area contributed by atoms with Gasteiger partial charge in [0.05, 0.1) is 11.6 Å². The van der Waals surface area contributed by atoms with Gasteiger partial charge in [0.2, 0.25) is 11.8 Å². The van der Waals surface area contributed by atoms with Crippen LogP contribution in [0.5, 0.6) is 0 Å². The number of piperidine rings is 1. The number of likely N-dealkylation sites (tertiary alicyclic amines) is 1. The molecule has 2 aliphatic heterocycles. The molecule has 5 nitrogen and oxygen atoms in total. The Morgan fingerprint density at radius 1 is 0.886 bits per heavy atom. The first-order valence-electron chi connectivity index (χ1n) is 14.5. The van der Waals surface area contributed by atoms with Crippen LogP contribution in [0.1, 0.15) is 69.7 Å². The van der Waals surface area contributed by atoms with Crippen molar-refractivity contribution in [2.45, 2.75) is 65.2 Å². The second kappa shape index (κ2) is 16.7. The van der Waals surface area contributed by atoms with Crippen molar-refractivity contribution in [2.24, 2.45) is 11.3 Å². The van der Waals surface area contributed by atoms with Gasteiger partial charge in [-0.05, 0) is 47.4 Å². The maximum atomic E-state index is 13.6. The van der Waals surface area contributed by atoms with Crippen LogP contribution in [0.2, 0.25) is 0 Å². The molecular formula is C31H40F3N3O2S5. The summed E-state index contributed by atoms with van der Waals surface area (Å²) < 4.78 is 39.8. The summed E-state index contributed by atoms with van der Waals surface area (Å²) in [4.78, 5) is 31.5. The van der Waals surface area contributed by atoms with Crippen molar-refractivity contribution in [1.29, 1.82) is 0 Å². The van der Waals surface area contributed by atoms with Crippen molar-refractivity contribution >= 4 is 60.8 Å². The molecule has 2 atom stereocenters. The van der Waals surface area contributed by atoms with Crippen LogP contribution < -0.4 is 0 Å². The lowest BCUT2D eigenvalue weighted by molar-refractivity contribution is -0.141. The van der Waals surface area contributed by atoms with E-state index in [2.05, 4.69) is 48.0 Å². The van der Waals surface area contributed by atoms with Crippen molar-refractivity contribution < 1.29 is 22.8 Å². The molecule has 2 aromatic carbocycles. The summed E-state index contributed by atoms with van der Waals surface area (Å²) in [5.41, 5.74) is 0.976. The zero-order valence-corrected chi connectivity index (χ0v) is 29.5. The van der Waals surface area contributed by atoms with Gasteiger partial charge < -0.3 is 9.80 Å². The largest absolute Gasteiger partial charge is 0.416 e. The maximum Gasteiger partial charge on any atom is 0.416 e. The Morgan fingerprint density at radius 3 is 1.93 bits per heavy atom. The van der Waals surface area contributed by atoms with Gasteiger partial charge in [-0.25, -0.2) is 0 Å². The summed E-state index contributed by atoms with van der Waals surface area (Å²) in [6, 6.07) is 15.1. The van der Waals surface area contributed by atoms with Crippen LogP contribution in [0, 0.1) is 11.3 Å². The molecule has 2 fully saturated rings. The summed E-state index contributed by atoms with van der Waals surface area (Å²) in [7, 11) is 3.95. The molecule has 0 saturated carbocycles. The summed E-state index contributed by atoms with van der Waals surface area (Å²) in [5, 5.41) is 0. The van der Waals surface area contributed by atoms with Crippen molar-refractivity contribution in [3.05, 3.63) is 71.3 Å². The standard InChI is InChI=1S/C31H40F3N3O2.S5/c1-22(38)35-16-14-23(15-17-35)20-28(39)37-19-18-36(21-27(37)30(2,3)4)29(24-8-6-5-7-9-24)25-10-12-26(13-11-25)31(32,33)34;1-3-5-4-2/h5-13,23,27,29H,14-21H2,1-4H3;/t27-,29?;/m1./s1. The van der Waals surface area contributed by atoms with E-state index < -0.39 is 11.7 Å². The summed E-state index contributed by atoms with van der Waals surface area (Å²) in [6.07, 6.45) is -2.21. The molecular weight excluding hydrogens is 664 g/mol. The molecule has 2 saturated heterocycles. The number of amides is 2. The van der Waals surface area contributed by atoms with Crippen LogP contribution in [0.25, 0.3) is 0 Å². The summed E-state index contributed by atoms with van der Waals surface area (Å²) in [5.74, 6) is 0.516. The van der Waals surface area contributed by atoms with E-state index in [0.29, 0.717) is 39.1 Å². The minimum atomic E-state index is -4.38. The van der Waals surface area contributed by atoms with Crippen LogP contribution in [0.3, 0.4) is 0 Å². The van der Waals surface area contributed by atoms with Gasteiger partial charge in [-0.15, -0.1) is 0 Å². The number of hydrogen-bond donors (Lipinski definition) is 0. The maximum absolute atomic E-state index is 13.6. The number of benzene rings is 2. The predicted molar refractivity (Wildman–Crippen MR) is 183 cm³/mol. The molecule has 2 aliphatic rings. The average molecular weight is 704 g/mol. The van der Waals surface area contributed by atoms with Crippen LogP contribution >= 0.6 is 0 Å². The molecule has 0 bridgehead atoms. The lowest BCUT2D eigenvalue weighted by Gasteiger charge is -2.50. The number of rotatable bonds is 5. The fourth-order valence-corrected chi connectivity index (χ4v) is 8.75. The van der Waals surface area contributed by atoms with Crippen molar-refractivity contribution in [1.82, 2.24) is 14.7 Å². The minimum absolute atomic E-state index is 0.0447. The molecule has 0 radical (unpaired) electrons. The fourth-order valence-electron chi connectivity index (χ4n) is 6.01. The Balaban J connectivity index is 0.000000978. The summed E-state index contributed by atoms with van der Waals surface area (Å²) in [6.45, 7) is 11.2.